The van der Waals surface area contributed by atoms with E-state index in [1.165, 1.54) is 11.3 Å². The Labute approximate surface area is 93.3 Å². The number of hydrogen-bond acceptors (Lipinski definition) is 5. The molecule has 0 bridgehead atoms. The molecule has 84 valence electrons. The van der Waals surface area contributed by atoms with Crippen molar-refractivity contribution in [3.8, 4) is 0 Å². The summed E-state index contributed by atoms with van der Waals surface area (Å²) in [5, 5.41) is 14.3. The van der Waals surface area contributed by atoms with Crippen LogP contribution >= 0.6 is 11.3 Å². The van der Waals surface area contributed by atoms with E-state index in [0.29, 0.717) is 22.6 Å². The van der Waals surface area contributed by atoms with Crippen LogP contribution in [0.15, 0.2) is 0 Å². The Morgan fingerprint density at radius 3 is 2.80 bits per heavy atom. The fourth-order valence-electron chi connectivity index (χ4n) is 0.903. The molecule has 0 fully saturated rings. The Hall–Kier alpha value is -1.17. The lowest BCUT2D eigenvalue weighted by Crippen LogP contribution is -2.27. The van der Waals surface area contributed by atoms with Crippen LogP contribution in [-0.2, 0) is 0 Å². The molecule has 0 aliphatic heterocycles. The molecule has 0 saturated heterocycles. The van der Waals surface area contributed by atoms with E-state index in [4.69, 9.17) is 0 Å². The van der Waals surface area contributed by atoms with E-state index in [9.17, 15) is 4.79 Å². The molecule has 1 atom stereocenters. The van der Waals surface area contributed by atoms with Gasteiger partial charge in [-0.3, -0.25) is 4.79 Å². The molecule has 0 radical (unpaired) electrons. The molecule has 2 N–H and O–H groups in total. The molecule has 1 aromatic rings. The maximum Gasteiger partial charge on any atom is 0.282 e. The minimum absolute atomic E-state index is 0.144. The Morgan fingerprint density at radius 2 is 2.27 bits per heavy atom. The highest BCUT2D eigenvalue weighted by Crippen LogP contribution is 2.13. The second kappa shape index (κ2) is 5.65. The van der Waals surface area contributed by atoms with Gasteiger partial charge < -0.3 is 10.6 Å². The fraction of sp³-hybridized carbons (Fsp3) is 0.667. The molecular weight excluding hydrogens is 212 g/mol. The van der Waals surface area contributed by atoms with Crippen molar-refractivity contribution in [1.82, 2.24) is 15.5 Å². The Kier molecular flexibility index (Phi) is 4.48. The van der Waals surface area contributed by atoms with Gasteiger partial charge >= 0.3 is 0 Å². The second-order valence-corrected chi connectivity index (χ2v) is 4.36. The topological polar surface area (TPSA) is 66.9 Å². The van der Waals surface area contributed by atoms with Crippen molar-refractivity contribution in [1.29, 1.82) is 0 Å². The summed E-state index contributed by atoms with van der Waals surface area (Å²) in [5.74, 6) is 0.347. The molecule has 15 heavy (non-hydrogen) atoms. The van der Waals surface area contributed by atoms with Crippen molar-refractivity contribution in [2.45, 2.75) is 20.3 Å². The highest BCUT2D eigenvalue weighted by atomic mass is 32.1. The van der Waals surface area contributed by atoms with Gasteiger partial charge in [-0.2, -0.15) is 0 Å². The Bertz CT molecular complexity index is 326. The van der Waals surface area contributed by atoms with E-state index >= 15 is 0 Å². The van der Waals surface area contributed by atoms with Crippen LogP contribution in [0.2, 0.25) is 0 Å². The number of nitrogens with one attached hydrogen (secondary N) is 2. The van der Waals surface area contributed by atoms with Gasteiger partial charge in [0.15, 0.2) is 0 Å². The van der Waals surface area contributed by atoms with Crippen molar-refractivity contribution in [3.05, 3.63) is 5.01 Å². The van der Waals surface area contributed by atoms with E-state index in [1.807, 2.05) is 0 Å². The maximum atomic E-state index is 11.6. The molecule has 1 amide bonds. The maximum absolute atomic E-state index is 11.6. The minimum atomic E-state index is -0.144. The van der Waals surface area contributed by atoms with E-state index in [2.05, 4.69) is 34.7 Å². The number of anilines is 1. The van der Waals surface area contributed by atoms with Gasteiger partial charge in [-0.05, 0) is 5.92 Å². The Morgan fingerprint density at radius 1 is 1.53 bits per heavy atom. The summed E-state index contributed by atoms with van der Waals surface area (Å²) in [6.07, 6.45) is 1.05. The van der Waals surface area contributed by atoms with Crippen LogP contribution in [-0.4, -0.2) is 29.7 Å². The van der Waals surface area contributed by atoms with E-state index in [1.54, 1.807) is 7.05 Å². The highest BCUT2D eigenvalue weighted by molar-refractivity contribution is 7.17. The number of hydrogen-bond donors (Lipinski definition) is 2. The van der Waals surface area contributed by atoms with Crippen LogP contribution in [0.5, 0.6) is 0 Å². The van der Waals surface area contributed by atoms with Crippen molar-refractivity contribution >= 4 is 22.4 Å². The highest BCUT2D eigenvalue weighted by Gasteiger charge is 2.12. The molecule has 5 nitrogen and oxygen atoms in total. The third-order valence-corrected chi connectivity index (χ3v) is 3.08. The van der Waals surface area contributed by atoms with Gasteiger partial charge in [-0.25, -0.2) is 0 Å². The number of aromatic nitrogens is 2. The third-order valence-electron chi connectivity index (χ3n) is 2.14. The van der Waals surface area contributed by atoms with Crippen molar-refractivity contribution in [2.75, 3.05) is 18.9 Å². The normalized spacial score (nSPS) is 12.2. The first-order valence-electron chi connectivity index (χ1n) is 4.96. The fourth-order valence-corrected chi connectivity index (χ4v) is 1.52. The molecule has 1 aromatic heterocycles. The number of carbonyl (C=O) groups excluding carboxylic acids is 1. The smallest absolute Gasteiger partial charge is 0.282 e. The largest absolute Gasteiger partial charge is 0.363 e. The van der Waals surface area contributed by atoms with Gasteiger partial charge in [0.1, 0.15) is 0 Å². The van der Waals surface area contributed by atoms with Gasteiger partial charge in [-0.1, -0.05) is 31.6 Å². The quantitative estimate of drug-likeness (QED) is 0.798. The lowest BCUT2D eigenvalue weighted by Gasteiger charge is -2.07. The van der Waals surface area contributed by atoms with Crippen LogP contribution in [0, 0.1) is 5.92 Å². The zero-order valence-electron chi connectivity index (χ0n) is 9.20. The molecule has 6 heteroatoms. The summed E-state index contributed by atoms with van der Waals surface area (Å²) in [7, 11) is 1.75. The van der Waals surface area contributed by atoms with Gasteiger partial charge in [0, 0.05) is 13.6 Å². The average molecular weight is 228 g/mol. The predicted octanol–water partition coefficient (Wildman–Crippen LogP) is 1.36. The van der Waals surface area contributed by atoms with Crippen LogP contribution in [0.25, 0.3) is 0 Å². The van der Waals surface area contributed by atoms with Crippen LogP contribution in [0.3, 0.4) is 0 Å². The van der Waals surface area contributed by atoms with E-state index < -0.39 is 0 Å². The van der Waals surface area contributed by atoms with Crippen LogP contribution in [0.4, 0.5) is 5.13 Å². The molecule has 1 unspecified atom stereocenters. The molecule has 0 aliphatic carbocycles. The Balaban J connectivity index is 2.46. The molecule has 0 aliphatic rings. The van der Waals surface area contributed by atoms with Crippen molar-refractivity contribution in [3.63, 3.8) is 0 Å². The monoisotopic (exact) mass is 228 g/mol. The van der Waals surface area contributed by atoms with Crippen molar-refractivity contribution in [2.24, 2.45) is 5.92 Å². The SMILES string of the molecule is CCC(C)CNC(=O)c1nnc(NC)s1. The molecule has 0 saturated carbocycles. The standard InChI is InChI=1S/C9H16N4OS/c1-4-6(2)5-11-7(14)8-12-13-9(10-3)15-8/h6H,4-5H2,1-3H3,(H,10,13)(H,11,14). The summed E-state index contributed by atoms with van der Waals surface area (Å²) >= 11 is 1.25. The number of rotatable bonds is 5. The summed E-state index contributed by atoms with van der Waals surface area (Å²) in [4.78, 5) is 11.6. The van der Waals surface area contributed by atoms with Gasteiger partial charge in [0.05, 0.1) is 0 Å². The molecule has 0 spiro atoms. The average Bonchev–Trinajstić information content (AvgIpc) is 2.73. The van der Waals surface area contributed by atoms with Gasteiger partial charge in [0.25, 0.3) is 5.91 Å². The predicted molar refractivity (Wildman–Crippen MR) is 61.2 cm³/mol. The zero-order chi connectivity index (χ0) is 11.3. The van der Waals surface area contributed by atoms with Crippen LogP contribution < -0.4 is 10.6 Å². The second-order valence-electron chi connectivity index (χ2n) is 3.39. The lowest BCUT2D eigenvalue weighted by atomic mass is 10.1. The summed E-state index contributed by atoms with van der Waals surface area (Å²) in [5.41, 5.74) is 0. The first-order valence-corrected chi connectivity index (χ1v) is 5.78. The first kappa shape index (κ1) is 11.9. The van der Waals surface area contributed by atoms with Crippen LogP contribution in [0.1, 0.15) is 30.1 Å². The molecule has 0 aromatic carbocycles. The minimum Gasteiger partial charge on any atom is -0.363 e. The van der Waals surface area contributed by atoms with Crippen molar-refractivity contribution < 1.29 is 4.79 Å². The molecule has 1 rings (SSSR count). The molecular formula is C9H16N4OS. The van der Waals surface area contributed by atoms with E-state index in [0.717, 1.165) is 6.42 Å². The number of carbonyl (C=O) groups is 1. The number of amides is 1. The third kappa shape index (κ3) is 3.47. The first-order chi connectivity index (χ1) is 7.17. The lowest BCUT2D eigenvalue weighted by molar-refractivity contribution is 0.0946. The summed E-state index contributed by atoms with van der Waals surface area (Å²) < 4.78 is 0. The van der Waals surface area contributed by atoms with E-state index in [-0.39, 0.29) is 5.91 Å². The van der Waals surface area contributed by atoms with Gasteiger partial charge in [0.2, 0.25) is 10.1 Å². The zero-order valence-corrected chi connectivity index (χ0v) is 10.0. The summed E-state index contributed by atoms with van der Waals surface area (Å²) in [6.45, 7) is 4.88. The molecule has 1 heterocycles. The van der Waals surface area contributed by atoms with Gasteiger partial charge in [-0.15, -0.1) is 10.2 Å². The summed E-state index contributed by atoms with van der Waals surface area (Å²) in [6, 6.07) is 0. The number of nitrogens with zero attached hydrogens (tertiary/aromatic N) is 2.